The van der Waals surface area contributed by atoms with Gasteiger partial charge in [-0.1, -0.05) is 32.0 Å². The number of ether oxygens (including phenoxy) is 1. The Bertz CT molecular complexity index is 377. The van der Waals surface area contributed by atoms with Crippen molar-refractivity contribution in [2.24, 2.45) is 11.7 Å². The first-order chi connectivity index (χ1) is 8.95. The van der Waals surface area contributed by atoms with E-state index in [0.29, 0.717) is 12.0 Å². The van der Waals surface area contributed by atoms with Crippen LogP contribution in [-0.2, 0) is 0 Å². The number of rotatable bonds is 7. The van der Waals surface area contributed by atoms with Crippen LogP contribution in [0.25, 0.3) is 0 Å². The van der Waals surface area contributed by atoms with Crippen LogP contribution in [0.3, 0.4) is 0 Å². The molecule has 0 radical (unpaired) electrons. The predicted molar refractivity (Wildman–Crippen MR) is 81.5 cm³/mol. The van der Waals surface area contributed by atoms with Crippen LogP contribution >= 0.6 is 0 Å². The molecule has 0 heterocycles. The Labute approximate surface area is 117 Å². The van der Waals surface area contributed by atoms with Crippen molar-refractivity contribution < 1.29 is 4.74 Å². The second-order valence-electron chi connectivity index (χ2n) is 5.79. The minimum absolute atomic E-state index is 0.0164. The molecule has 0 aliphatic heterocycles. The van der Waals surface area contributed by atoms with E-state index < -0.39 is 0 Å². The normalized spacial score (nSPS) is 13.3. The lowest BCUT2D eigenvalue weighted by Gasteiger charge is -2.31. The molecule has 1 rings (SSSR count). The van der Waals surface area contributed by atoms with Crippen molar-refractivity contribution in [3.05, 3.63) is 29.8 Å². The van der Waals surface area contributed by atoms with Gasteiger partial charge in [0.25, 0.3) is 0 Å². The molecule has 0 aliphatic carbocycles. The minimum Gasteiger partial charge on any atom is -0.496 e. The fourth-order valence-electron chi connectivity index (χ4n) is 2.29. The number of para-hydroxylation sites is 1. The van der Waals surface area contributed by atoms with Gasteiger partial charge in [0.05, 0.1) is 7.11 Å². The first kappa shape index (κ1) is 16.0. The molecule has 1 aromatic carbocycles. The summed E-state index contributed by atoms with van der Waals surface area (Å²) in [6.45, 7) is 10.8. The van der Waals surface area contributed by atoms with Crippen LogP contribution in [-0.4, -0.2) is 31.1 Å². The van der Waals surface area contributed by atoms with Gasteiger partial charge in [0.2, 0.25) is 0 Å². The van der Waals surface area contributed by atoms with Gasteiger partial charge >= 0.3 is 0 Å². The number of nitrogens with zero attached hydrogens (tertiary/aromatic N) is 1. The highest BCUT2D eigenvalue weighted by molar-refractivity contribution is 5.35. The van der Waals surface area contributed by atoms with Crippen molar-refractivity contribution in [1.29, 1.82) is 0 Å². The molecule has 0 fully saturated rings. The van der Waals surface area contributed by atoms with Crippen LogP contribution in [0.15, 0.2) is 24.3 Å². The summed E-state index contributed by atoms with van der Waals surface area (Å²) >= 11 is 0. The maximum absolute atomic E-state index is 6.36. The van der Waals surface area contributed by atoms with Gasteiger partial charge in [-0.15, -0.1) is 0 Å². The first-order valence-electron chi connectivity index (χ1n) is 7.08. The Kier molecular flexibility index (Phi) is 6.32. The summed E-state index contributed by atoms with van der Waals surface area (Å²) in [7, 11) is 1.69. The third-order valence-corrected chi connectivity index (χ3v) is 3.30. The van der Waals surface area contributed by atoms with Crippen molar-refractivity contribution in [1.82, 2.24) is 4.90 Å². The first-order valence-corrected chi connectivity index (χ1v) is 7.08. The van der Waals surface area contributed by atoms with Crippen LogP contribution in [0.2, 0.25) is 0 Å². The molecule has 3 heteroatoms. The van der Waals surface area contributed by atoms with E-state index in [1.807, 2.05) is 18.2 Å². The topological polar surface area (TPSA) is 38.5 Å². The van der Waals surface area contributed by atoms with Gasteiger partial charge in [-0.2, -0.15) is 0 Å². The minimum atomic E-state index is -0.0164. The van der Waals surface area contributed by atoms with Crippen LogP contribution in [0, 0.1) is 5.92 Å². The second-order valence-corrected chi connectivity index (χ2v) is 5.79. The van der Waals surface area contributed by atoms with E-state index in [1.165, 1.54) is 0 Å². The van der Waals surface area contributed by atoms with E-state index in [1.54, 1.807) is 7.11 Å². The smallest absolute Gasteiger partial charge is 0.123 e. The zero-order valence-electron chi connectivity index (χ0n) is 12.9. The lowest BCUT2D eigenvalue weighted by molar-refractivity contribution is 0.185. The number of methoxy groups -OCH3 is 1. The van der Waals surface area contributed by atoms with E-state index in [2.05, 4.69) is 38.7 Å². The Hall–Kier alpha value is -1.06. The molecular formula is C16H28N2O. The maximum atomic E-state index is 6.36. The standard InChI is InChI=1S/C16H28N2O/c1-12(2)10-18(13(3)4)11-15(17)14-8-6-7-9-16(14)19-5/h6-9,12-13,15H,10-11,17H2,1-5H3. The summed E-state index contributed by atoms with van der Waals surface area (Å²) in [4.78, 5) is 2.43. The molecule has 1 aromatic rings. The summed E-state index contributed by atoms with van der Waals surface area (Å²) < 4.78 is 5.39. The maximum Gasteiger partial charge on any atom is 0.123 e. The zero-order valence-corrected chi connectivity index (χ0v) is 12.9. The van der Waals surface area contributed by atoms with Crippen LogP contribution in [0.1, 0.15) is 39.3 Å². The Morgan fingerprint density at radius 1 is 1.11 bits per heavy atom. The third kappa shape index (κ3) is 4.84. The van der Waals surface area contributed by atoms with E-state index in [-0.39, 0.29) is 6.04 Å². The molecule has 0 bridgehead atoms. The van der Waals surface area contributed by atoms with Crippen molar-refractivity contribution in [3.63, 3.8) is 0 Å². The lowest BCUT2D eigenvalue weighted by atomic mass is 10.0. The van der Waals surface area contributed by atoms with E-state index in [9.17, 15) is 0 Å². The summed E-state index contributed by atoms with van der Waals surface area (Å²) in [5.41, 5.74) is 7.45. The SMILES string of the molecule is COc1ccccc1C(N)CN(CC(C)C)C(C)C. The quantitative estimate of drug-likeness (QED) is 0.822. The van der Waals surface area contributed by atoms with Crippen LogP contribution in [0.5, 0.6) is 5.75 Å². The average Bonchev–Trinajstić information content (AvgIpc) is 2.37. The van der Waals surface area contributed by atoms with Gasteiger partial charge in [-0.3, -0.25) is 4.90 Å². The van der Waals surface area contributed by atoms with Crippen molar-refractivity contribution >= 4 is 0 Å². The summed E-state index contributed by atoms with van der Waals surface area (Å²) in [5, 5.41) is 0. The van der Waals surface area contributed by atoms with Gasteiger partial charge in [-0.25, -0.2) is 0 Å². The molecule has 2 N–H and O–H groups in total. The largest absolute Gasteiger partial charge is 0.496 e. The third-order valence-electron chi connectivity index (χ3n) is 3.30. The van der Waals surface area contributed by atoms with Gasteiger partial charge in [-0.05, 0) is 25.8 Å². The molecule has 0 amide bonds. The highest BCUT2D eigenvalue weighted by Crippen LogP contribution is 2.24. The number of hydrogen-bond donors (Lipinski definition) is 1. The van der Waals surface area contributed by atoms with Gasteiger partial charge in [0, 0.05) is 30.7 Å². The zero-order chi connectivity index (χ0) is 14.4. The molecule has 0 aromatic heterocycles. The van der Waals surface area contributed by atoms with Crippen molar-refractivity contribution in [2.45, 2.75) is 39.8 Å². The second kappa shape index (κ2) is 7.51. The molecule has 0 aliphatic rings. The molecule has 108 valence electrons. The summed E-state index contributed by atoms with van der Waals surface area (Å²) in [5.74, 6) is 1.52. The van der Waals surface area contributed by atoms with E-state index >= 15 is 0 Å². The van der Waals surface area contributed by atoms with Crippen molar-refractivity contribution in [3.8, 4) is 5.75 Å². The van der Waals surface area contributed by atoms with Gasteiger partial charge in [0.15, 0.2) is 0 Å². The molecule has 0 saturated heterocycles. The highest BCUT2D eigenvalue weighted by atomic mass is 16.5. The molecule has 0 saturated carbocycles. The van der Waals surface area contributed by atoms with E-state index in [0.717, 1.165) is 24.4 Å². The highest BCUT2D eigenvalue weighted by Gasteiger charge is 2.18. The molecule has 1 unspecified atom stereocenters. The predicted octanol–water partition coefficient (Wildman–Crippen LogP) is 3.06. The molecule has 3 nitrogen and oxygen atoms in total. The lowest BCUT2D eigenvalue weighted by Crippen LogP contribution is -2.39. The fourth-order valence-corrected chi connectivity index (χ4v) is 2.29. The van der Waals surface area contributed by atoms with E-state index in [4.69, 9.17) is 10.5 Å². The monoisotopic (exact) mass is 264 g/mol. The molecular weight excluding hydrogens is 236 g/mol. The van der Waals surface area contributed by atoms with Crippen LogP contribution in [0.4, 0.5) is 0 Å². The Morgan fingerprint density at radius 2 is 1.74 bits per heavy atom. The fraction of sp³-hybridized carbons (Fsp3) is 0.625. The average molecular weight is 264 g/mol. The molecule has 1 atom stereocenters. The number of benzene rings is 1. The Morgan fingerprint density at radius 3 is 2.26 bits per heavy atom. The van der Waals surface area contributed by atoms with Crippen LogP contribution < -0.4 is 10.5 Å². The summed E-state index contributed by atoms with van der Waals surface area (Å²) in [6, 6.07) is 8.50. The number of hydrogen-bond acceptors (Lipinski definition) is 3. The number of nitrogens with two attached hydrogens (primary N) is 1. The van der Waals surface area contributed by atoms with Gasteiger partial charge in [0.1, 0.15) is 5.75 Å². The van der Waals surface area contributed by atoms with Gasteiger partial charge < -0.3 is 10.5 Å². The Balaban J connectivity index is 2.78. The summed E-state index contributed by atoms with van der Waals surface area (Å²) in [6.07, 6.45) is 0. The van der Waals surface area contributed by atoms with Crippen molar-refractivity contribution in [2.75, 3.05) is 20.2 Å². The molecule has 19 heavy (non-hydrogen) atoms. The molecule has 0 spiro atoms.